The van der Waals surface area contributed by atoms with Crippen LogP contribution in [0, 0.1) is 3.57 Å². The molecule has 20 heavy (non-hydrogen) atoms. The van der Waals surface area contributed by atoms with Gasteiger partial charge in [-0.3, -0.25) is 4.79 Å². The first-order chi connectivity index (χ1) is 9.61. The molecule has 5 heteroatoms. The summed E-state index contributed by atoms with van der Waals surface area (Å²) in [5.74, 6) is 0.194. The molecule has 2 rings (SSSR count). The fourth-order valence-corrected chi connectivity index (χ4v) is 2.13. The van der Waals surface area contributed by atoms with Crippen LogP contribution in [0.3, 0.4) is 0 Å². The number of nitrogen functional groups attached to an aromatic ring is 1. The zero-order chi connectivity index (χ0) is 14.5. The molecule has 0 saturated heterocycles. The largest absolute Gasteiger partial charge is 0.491 e. The number of amides is 1. The van der Waals surface area contributed by atoms with E-state index in [1.165, 1.54) is 0 Å². The van der Waals surface area contributed by atoms with Gasteiger partial charge in [0.05, 0.1) is 17.9 Å². The quantitative estimate of drug-likeness (QED) is 0.628. The fraction of sp³-hybridized carbons (Fsp3) is 0.133. The molecular formula is C15H15IN2O2. The van der Waals surface area contributed by atoms with Gasteiger partial charge in [0.1, 0.15) is 0 Å². The second-order valence-electron chi connectivity index (χ2n) is 4.12. The average molecular weight is 382 g/mol. The lowest BCUT2D eigenvalue weighted by Gasteiger charge is -2.12. The van der Waals surface area contributed by atoms with Gasteiger partial charge in [0.25, 0.3) is 5.91 Å². The van der Waals surface area contributed by atoms with Crippen molar-refractivity contribution in [2.75, 3.05) is 17.7 Å². The number of anilines is 2. The van der Waals surface area contributed by atoms with Gasteiger partial charge in [-0.2, -0.15) is 0 Å². The molecule has 0 aliphatic rings. The number of para-hydroxylation sites is 1. The summed E-state index contributed by atoms with van der Waals surface area (Å²) in [6.45, 7) is 2.31. The molecule has 2 aromatic rings. The number of rotatable bonds is 4. The number of benzene rings is 2. The van der Waals surface area contributed by atoms with E-state index in [-0.39, 0.29) is 5.91 Å². The lowest BCUT2D eigenvalue weighted by Crippen LogP contribution is -2.14. The maximum Gasteiger partial charge on any atom is 0.259 e. The number of halogens is 1. The number of nitrogens with two attached hydrogens (primary N) is 1. The summed E-state index contributed by atoms with van der Waals surface area (Å²) in [7, 11) is 0. The highest BCUT2D eigenvalue weighted by Gasteiger charge is 2.15. The van der Waals surface area contributed by atoms with E-state index in [0.717, 1.165) is 9.26 Å². The van der Waals surface area contributed by atoms with Gasteiger partial charge in [-0.15, -0.1) is 0 Å². The minimum absolute atomic E-state index is 0.234. The van der Waals surface area contributed by atoms with E-state index in [4.69, 9.17) is 10.5 Å². The summed E-state index contributed by atoms with van der Waals surface area (Å²) in [6, 6.07) is 12.7. The number of nitrogens with one attached hydrogen (secondary N) is 1. The Morgan fingerprint density at radius 3 is 2.60 bits per heavy atom. The SMILES string of the molecule is CCOc1c(N)cccc1C(=O)Nc1ccc(I)cc1. The van der Waals surface area contributed by atoms with Gasteiger partial charge in [0.15, 0.2) is 5.75 Å². The zero-order valence-corrected chi connectivity index (χ0v) is 13.2. The average Bonchev–Trinajstić information content (AvgIpc) is 2.43. The number of ether oxygens (including phenoxy) is 1. The summed E-state index contributed by atoms with van der Waals surface area (Å²) in [6.07, 6.45) is 0. The van der Waals surface area contributed by atoms with Gasteiger partial charge < -0.3 is 15.8 Å². The topological polar surface area (TPSA) is 64.3 Å². The molecule has 0 spiro atoms. The van der Waals surface area contributed by atoms with Crippen LogP contribution < -0.4 is 15.8 Å². The monoisotopic (exact) mass is 382 g/mol. The van der Waals surface area contributed by atoms with Gasteiger partial charge in [-0.1, -0.05) is 6.07 Å². The molecule has 0 unspecified atom stereocenters. The molecule has 0 bridgehead atoms. The Bertz CT molecular complexity index is 612. The molecule has 4 nitrogen and oxygen atoms in total. The van der Waals surface area contributed by atoms with Crippen molar-refractivity contribution in [3.8, 4) is 5.75 Å². The summed E-state index contributed by atoms with van der Waals surface area (Å²) < 4.78 is 6.57. The van der Waals surface area contributed by atoms with Crippen molar-refractivity contribution in [1.29, 1.82) is 0 Å². The van der Waals surface area contributed by atoms with Crippen molar-refractivity contribution in [2.24, 2.45) is 0 Å². The molecule has 1 amide bonds. The summed E-state index contributed by atoms with van der Waals surface area (Å²) >= 11 is 2.21. The standard InChI is InChI=1S/C15H15IN2O2/c1-2-20-14-12(4-3-5-13(14)17)15(19)18-11-8-6-10(16)7-9-11/h3-9H,2,17H2,1H3,(H,18,19). The highest BCUT2D eigenvalue weighted by atomic mass is 127. The maximum absolute atomic E-state index is 12.3. The Hall–Kier alpha value is -1.76. The first-order valence-electron chi connectivity index (χ1n) is 6.20. The molecule has 0 aliphatic heterocycles. The fourth-order valence-electron chi connectivity index (χ4n) is 1.77. The van der Waals surface area contributed by atoms with E-state index in [2.05, 4.69) is 27.9 Å². The Morgan fingerprint density at radius 2 is 1.95 bits per heavy atom. The number of hydrogen-bond donors (Lipinski definition) is 2. The van der Waals surface area contributed by atoms with Crippen LogP contribution in [0.2, 0.25) is 0 Å². The summed E-state index contributed by atoms with van der Waals surface area (Å²) in [5.41, 5.74) is 7.48. The number of carbonyl (C=O) groups is 1. The second kappa shape index (κ2) is 6.60. The first-order valence-corrected chi connectivity index (χ1v) is 7.28. The van der Waals surface area contributed by atoms with Crippen LogP contribution >= 0.6 is 22.6 Å². The molecular weight excluding hydrogens is 367 g/mol. The third-order valence-corrected chi connectivity index (χ3v) is 3.40. The van der Waals surface area contributed by atoms with E-state index in [1.54, 1.807) is 18.2 Å². The predicted molar refractivity (Wildman–Crippen MR) is 89.1 cm³/mol. The van der Waals surface area contributed by atoms with Gasteiger partial charge >= 0.3 is 0 Å². The third-order valence-electron chi connectivity index (χ3n) is 2.68. The van der Waals surface area contributed by atoms with Gasteiger partial charge in [-0.25, -0.2) is 0 Å². The highest BCUT2D eigenvalue weighted by molar-refractivity contribution is 14.1. The van der Waals surface area contributed by atoms with Crippen LogP contribution in [0.4, 0.5) is 11.4 Å². The minimum atomic E-state index is -0.234. The summed E-state index contributed by atoms with van der Waals surface area (Å²) in [4.78, 5) is 12.3. The first kappa shape index (κ1) is 14.6. The third kappa shape index (κ3) is 3.41. The van der Waals surface area contributed by atoms with Crippen LogP contribution in [0.15, 0.2) is 42.5 Å². The summed E-state index contributed by atoms with van der Waals surface area (Å²) in [5, 5.41) is 2.83. The van der Waals surface area contributed by atoms with E-state index in [0.29, 0.717) is 23.6 Å². The smallest absolute Gasteiger partial charge is 0.259 e. The molecule has 0 radical (unpaired) electrons. The highest BCUT2D eigenvalue weighted by Crippen LogP contribution is 2.27. The van der Waals surface area contributed by atoms with Gasteiger partial charge in [0.2, 0.25) is 0 Å². The molecule has 0 fully saturated rings. The normalized spacial score (nSPS) is 10.1. The zero-order valence-electron chi connectivity index (χ0n) is 11.0. The Balaban J connectivity index is 2.25. The van der Waals surface area contributed by atoms with E-state index in [9.17, 15) is 4.79 Å². The van der Waals surface area contributed by atoms with Gasteiger partial charge in [0, 0.05) is 9.26 Å². The van der Waals surface area contributed by atoms with Crippen LogP contribution in [0.25, 0.3) is 0 Å². The second-order valence-corrected chi connectivity index (χ2v) is 5.36. The van der Waals surface area contributed by atoms with Crippen molar-refractivity contribution in [2.45, 2.75) is 6.92 Å². The molecule has 0 saturated carbocycles. The molecule has 0 heterocycles. The van der Waals surface area contributed by atoms with Crippen LogP contribution in [-0.4, -0.2) is 12.5 Å². The molecule has 104 valence electrons. The van der Waals surface area contributed by atoms with Crippen LogP contribution in [0.5, 0.6) is 5.75 Å². The lowest BCUT2D eigenvalue weighted by atomic mass is 10.1. The Labute approximate surface area is 131 Å². The minimum Gasteiger partial charge on any atom is -0.491 e. The predicted octanol–water partition coefficient (Wildman–Crippen LogP) is 3.52. The van der Waals surface area contributed by atoms with Crippen molar-refractivity contribution < 1.29 is 9.53 Å². The number of hydrogen-bond acceptors (Lipinski definition) is 3. The lowest BCUT2D eigenvalue weighted by molar-refractivity contribution is 0.102. The van der Waals surface area contributed by atoms with Crippen molar-refractivity contribution in [3.05, 3.63) is 51.6 Å². The van der Waals surface area contributed by atoms with E-state index < -0.39 is 0 Å². The van der Waals surface area contributed by atoms with Crippen LogP contribution in [0.1, 0.15) is 17.3 Å². The van der Waals surface area contributed by atoms with E-state index >= 15 is 0 Å². The Kier molecular flexibility index (Phi) is 4.84. The Morgan fingerprint density at radius 1 is 1.25 bits per heavy atom. The molecule has 0 aliphatic carbocycles. The van der Waals surface area contributed by atoms with Crippen molar-refractivity contribution in [3.63, 3.8) is 0 Å². The van der Waals surface area contributed by atoms with E-state index in [1.807, 2.05) is 31.2 Å². The van der Waals surface area contributed by atoms with Crippen LogP contribution in [-0.2, 0) is 0 Å². The van der Waals surface area contributed by atoms with Gasteiger partial charge in [-0.05, 0) is 65.9 Å². The van der Waals surface area contributed by atoms with Crippen molar-refractivity contribution in [1.82, 2.24) is 0 Å². The molecule has 2 aromatic carbocycles. The number of carbonyl (C=O) groups excluding carboxylic acids is 1. The molecule has 0 atom stereocenters. The molecule has 3 N–H and O–H groups in total. The maximum atomic E-state index is 12.3. The molecule has 0 aromatic heterocycles. The van der Waals surface area contributed by atoms with Crippen molar-refractivity contribution >= 4 is 39.9 Å².